The lowest BCUT2D eigenvalue weighted by molar-refractivity contribution is -0.123. The molecule has 0 aromatic heterocycles. The molecule has 7 heteroatoms. The number of nitrogens with one attached hydrogen (secondary N) is 1. The fraction of sp³-hybridized carbons (Fsp3) is 0.227. The number of nitrogens with two attached hydrogens (primary N) is 1. The molecule has 2 aromatic carbocycles. The third-order valence-corrected chi connectivity index (χ3v) is 5.80. The predicted molar refractivity (Wildman–Crippen MR) is 113 cm³/mol. The molecule has 1 fully saturated rings. The second kappa shape index (κ2) is 9.80. The van der Waals surface area contributed by atoms with E-state index in [1.807, 2.05) is 65.6 Å². The number of likely N-dealkylation sites (tertiary alicyclic amines) is 1. The van der Waals surface area contributed by atoms with Crippen molar-refractivity contribution in [3.63, 3.8) is 0 Å². The van der Waals surface area contributed by atoms with Gasteiger partial charge in [-0.15, -0.1) is 0 Å². The Hall–Kier alpha value is -3.24. The third-order valence-electron chi connectivity index (χ3n) is 4.71. The smallest absolute Gasteiger partial charge is 0.267 e. The number of nitrogens with zero attached hydrogens (tertiary/aromatic N) is 2. The Morgan fingerprint density at radius 3 is 2.41 bits per heavy atom. The molecule has 0 atom stereocenters. The molecule has 0 saturated carbocycles. The molecule has 29 heavy (non-hydrogen) atoms. The molecule has 2 amide bonds. The molecular weight excluding hydrogens is 384 g/mol. The Bertz CT molecular complexity index is 945. The average Bonchev–Trinajstić information content (AvgIpc) is 2.74. The Kier molecular flexibility index (Phi) is 6.93. The van der Waals surface area contributed by atoms with E-state index in [2.05, 4.69) is 5.32 Å². The number of primary amides is 1. The van der Waals surface area contributed by atoms with E-state index in [1.54, 1.807) is 18.0 Å². The van der Waals surface area contributed by atoms with Crippen LogP contribution in [-0.2, 0) is 9.59 Å². The number of piperidine rings is 1. The first-order valence-electron chi connectivity index (χ1n) is 9.35. The standard InChI is InChI=1S/C22H22N4O2S/c23-14-17(15-26-12-10-16(11-13-26)21(24)27)22(28)25-19-8-4-5-9-20(19)29-18-6-2-1-3-7-18/h1-9,15-16H,10-13H2,(H2,24,27)(H,25,28)/b17-15-. The molecule has 3 rings (SSSR count). The van der Waals surface area contributed by atoms with Gasteiger partial charge in [-0.3, -0.25) is 9.59 Å². The van der Waals surface area contributed by atoms with Crippen LogP contribution >= 0.6 is 11.8 Å². The van der Waals surface area contributed by atoms with Gasteiger partial charge in [-0.2, -0.15) is 5.26 Å². The molecule has 3 N–H and O–H groups in total. The number of hydrogen-bond donors (Lipinski definition) is 2. The Balaban J connectivity index is 1.69. The third kappa shape index (κ3) is 5.62. The maximum Gasteiger partial charge on any atom is 0.267 e. The molecule has 2 aromatic rings. The molecule has 1 aliphatic rings. The number of anilines is 1. The molecule has 148 valence electrons. The zero-order valence-corrected chi connectivity index (χ0v) is 16.7. The van der Waals surface area contributed by atoms with E-state index in [0.29, 0.717) is 31.6 Å². The lowest BCUT2D eigenvalue weighted by Crippen LogP contribution is -2.36. The first-order chi connectivity index (χ1) is 14.1. The summed E-state index contributed by atoms with van der Waals surface area (Å²) in [6.45, 7) is 1.18. The number of rotatable bonds is 6. The molecule has 6 nitrogen and oxygen atoms in total. The topological polar surface area (TPSA) is 99.2 Å². The van der Waals surface area contributed by atoms with Gasteiger partial charge < -0.3 is 16.0 Å². The lowest BCUT2D eigenvalue weighted by Gasteiger charge is -2.29. The van der Waals surface area contributed by atoms with Crippen LogP contribution in [0.1, 0.15) is 12.8 Å². The van der Waals surface area contributed by atoms with Gasteiger partial charge in [0, 0.05) is 35.0 Å². The van der Waals surface area contributed by atoms with Crippen molar-refractivity contribution in [2.24, 2.45) is 11.7 Å². The molecule has 0 spiro atoms. The number of para-hydroxylation sites is 1. The van der Waals surface area contributed by atoms with Crippen LogP contribution in [0, 0.1) is 17.2 Å². The fourth-order valence-electron chi connectivity index (χ4n) is 3.10. The van der Waals surface area contributed by atoms with Gasteiger partial charge in [0.25, 0.3) is 5.91 Å². The minimum absolute atomic E-state index is 0.0297. The van der Waals surface area contributed by atoms with Crippen molar-refractivity contribution in [1.29, 1.82) is 5.26 Å². The summed E-state index contributed by atoms with van der Waals surface area (Å²) in [7, 11) is 0. The number of nitriles is 1. The molecule has 1 saturated heterocycles. The van der Waals surface area contributed by atoms with Crippen LogP contribution in [0.3, 0.4) is 0 Å². The number of benzene rings is 2. The van der Waals surface area contributed by atoms with E-state index in [9.17, 15) is 14.9 Å². The quantitative estimate of drug-likeness (QED) is 0.566. The maximum atomic E-state index is 12.7. The predicted octanol–water partition coefficient (Wildman–Crippen LogP) is 3.38. The van der Waals surface area contributed by atoms with E-state index >= 15 is 0 Å². The average molecular weight is 407 g/mol. The summed E-state index contributed by atoms with van der Waals surface area (Å²) in [6, 6.07) is 19.3. The van der Waals surface area contributed by atoms with Crippen LogP contribution in [0.15, 0.2) is 76.2 Å². The normalized spacial score (nSPS) is 14.9. The molecular formula is C22H22N4O2S. The van der Waals surface area contributed by atoms with Crippen LogP contribution in [0.4, 0.5) is 5.69 Å². The summed E-state index contributed by atoms with van der Waals surface area (Å²) in [5, 5.41) is 12.3. The monoisotopic (exact) mass is 406 g/mol. The largest absolute Gasteiger partial charge is 0.376 e. The summed E-state index contributed by atoms with van der Waals surface area (Å²) in [4.78, 5) is 27.8. The molecule has 0 bridgehead atoms. The highest BCUT2D eigenvalue weighted by Crippen LogP contribution is 2.33. The van der Waals surface area contributed by atoms with Gasteiger partial charge in [0.2, 0.25) is 5.91 Å². The van der Waals surface area contributed by atoms with Crippen molar-refractivity contribution >= 4 is 29.3 Å². The van der Waals surface area contributed by atoms with E-state index in [1.165, 1.54) is 0 Å². The van der Waals surface area contributed by atoms with Crippen LogP contribution < -0.4 is 11.1 Å². The number of carbonyl (C=O) groups excluding carboxylic acids is 2. The first-order valence-corrected chi connectivity index (χ1v) is 10.2. The number of carbonyl (C=O) groups is 2. The van der Waals surface area contributed by atoms with Crippen molar-refractivity contribution in [3.05, 3.63) is 66.4 Å². The van der Waals surface area contributed by atoms with Gasteiger partial charge in [0.15, 0.2) is 0 Å². The number of hydrogen-bond acceptors (Lipinski definition) is 5. The van der Waals surface area contributed by atoms with Gasteiger partial charge in [-0.05, 0) is 37.1 Å². The zero-order valence-electron chi connectivity index (χ0n) is 15.9. The highest BCUT2D eigenvalue weighted by molar-refractivity contribution is 7.99. The van der Waals surface area contributed by atoms with Gasteiger partial charge in [-0.25, -0.2) is 0 Å². The van der Waals surface area contributed by atoms with Gasteiger partial charge in [0.1, 0.15) is 11.6 Å². The summed E-state index contributed by atoms with van der Waals surface area (Å²) in [6.07, 6.45) is 2.82. The van der Waals surface area contributed by atoms with E-state index < -0.39 is 5.91 Å². The highest BCUT2D eigenvalue weighted by atomic mass is 32.2. The second-order valence-electron chi connectivity index (χ2n) is 6.73. The SMILES string of the molecule is N#C/C(=C/N1CCC(C(N)=O)CC1)C(=O)Nc1ccccc1Sc1ccccc1. The van der Waals surface area contributed by atoms with E-state index in [-0.39, 0.29) is 17.4 Å². The van der Waals surface area contributed by atoms with Crippen LogP contribution in [0.5, 0.6) is 0 Å². The summed E-state index contributed by atoms with van der Waals surface area (Å²) >= 11 is 1.54. The Morgan fingerprint density at radius 1 is 1.10 bits per heavy atom. The molecule has 1 aliphatic heterocycles. The molecule has 0 radical (unpaired) electrons. The zero-order chi connectivity index (χ0) is 20.6. The fourth-order valence-corrected chi connectivity index (χ4v) is 4.02. The first kappa shape index (κ1) is 20.5. The Labute approximate surface area is 174 Å². The van der Waals surface area contributed by atoms with Crippen molar-refractivity contribution in [1.82, 2.24) is 4.90 Å². The second-order valence-corrected chi connectivity index (χ2v) is 7.85. The van der Waals surface area contributed by atoms with Gasteiger partial charge in [-0.1, -0.05) is 42.1 Å². The summed E-state index contributed by atoms with van der Waals surface area (Å²) in [5.41, 5.74) is 6.03. The van der Waals surface area contributed by atoms with Crippen molar-refractivity contribution in [2.75, 3.05) is 18.4 Å². The van der Waals surface area contributed by atoms with Crippen LogP contribution in [-0.4, -0.2) is 29.8 Å². The molecule has 1 heterocycles. The number of amides is 2. The summed E-state index contributed by atoms with van der Waals surface area (Å²) in [5.74, 6) is -0.883. The summed E-state index contributed by atoms with van der Waals surface area (Å²) < 4.78 is 0. The van der Waals surface area contributed by atoms with Gasteiger partial charge >= 0.3 is 0 Å². The van der Waals surface area contributed by atoms with Crippen molar-refractivity contribution in [2.45, 2.75) is 22.6 Å². The Morgan fingerprint density at radius 2 is 1.76 bits per heavy atom. The van der Waals surface area contributed by atoms with Gasteiger partial charge in [0.05, 0.1) is 5.69 Å². The highest BCUT2D eigenvalue weighted by Gasteiger charge is 2.23. The van der Waals surface area contributed by atoms with Crippen LogP contribution in [0.2, 0.25) is 0 Å². The minimum Gasteiger partial charge on any atom is -0.376 e. The van der Waals surface area contributed by atoms with E-state index in [4.69, 9.17) is 5.73 Å². The minimum atomic E-state index is -0.453. The van der Waals surface area contributed by atoms with E-state index in [0.717, 1.165) is 9.79 Å². The van der Waals surface area contributed by atoms with Crippen LogP contribution in [0.25, 0.3) is 0 Å². The molecule has 0 unspecified atom stereocenters. The lowest BCUT2D eigenvalue weighted by atomic mass is 9.96. The van der Waals surface area contributed by atoms with Crippen molar-refractivity contribution < 1.29 is 9.59 Å². The maximum absolute atomic E-state index is 12.7. The van der Waals surface area contributed by atoms with Crippen molar-refractivity contribution in [3.8, 4) is 6.07 Å². The molecule has 0 aliphatic carbocycles.